The fourth-order valence-electron chi connectivity index (χ4n) is 2.39. The second kappa shape index (κ2) is 6.71. The SMILES string of the molecule is CC(=O)NC(CCS(=O)(=O)O)CC(C)(C)C1OCOC1=O. The molecule has 1 heterocycles. The van der Waals surface area contributed by atoms with Gasteiger partial charge in [-0.25, -0.2) is 4.79 Å². The van der Waals surface area contributed by atoms with Gasteiger partial charge in [0.2, 0.25) is 5.91 Å². The van der Waals surface area contributed by atoms with Crippen LogP contribution in [-0.2, 0) is 29.2 Å². The van der Waals surface area contributed by atoms with E-state index in [2.05, 4.69) is 5.32 Å². The molecule has 0 aromatic rings. The van der Waals surface area contributed by atoms with Crippen LogP contribution >= 0.6 is 0 Å². The summed E-state index contributed by atoms with van der Waals surface area (Å²) in [6, 6.07) is -0.503. The van der Waals surface area contributed by atoms with Gasteiger partial charge in [0.25, 0.3) is 10.1 Å². The monoisotopic (exact) mass is 323 g/mol. The van der Waals surface area contributed by atoms with E-state index in [0.29, 0.717) is 6.42 Å². The second-order valence-corrected chi connectivity index (χ2v) is 7.36. The van der Waals surface area contributed by atoms with Crippen LogP contribution < -0.4 is 5.32 Å². The van der Waals surface area contributed by atoms with E-state index in [4.69, 9.17) is 14.0 Å². The Labute approximate surface area is 123 Å². The summed E-state index contributed by atoms with van der Waals surface area (Å²) in [4.78, 5) is 22.8. The lowest BCUT2D eigenvalue weighted by molar-refractivity contribution is -0.141. The topological polar surface area (TPSA) is 119 Å². The zero-order valence-electron chi connectivity index (χ0n) is 12.3. The van der Waals surface area contributed by atoms with Crippen LogP contribution in [0.5, 0.6) is 0 Å². The summed E-state index contributed by atoms with van der Waals surface area (Å²) < 4.78 is 40.5. The van der Waals surface area contributed by atoms with Crippen molar-refractivity contribution in [2.24, 2.45) is 5.41 Å². The van der Waals surface area contributed by atoms with Crippen molar-refractivity contribution in [3.05, 3.63) is 0 Å². The molecule has 8 nitrogen and oxygen atoms in total. The quantitative estimate of drug-likeness (QED) is 0.503. The summed E-state index contributed by atoms with van der Waals surface area (Å²) in [5.74, 6) is -1.26. The zero-order chi connectivity index (χ0) is 16.3. The van der Waals surface area contributed by atoms with Gasteiger partial charge in [0, 0.05) is 18.4 Å². The standard InChI is InChI=1S/C12H21NO7S/c1-8(14)13-9(4-5-21(16,17)18)6-12(2,3)10-11(15)20-7-19-10/h9-10H,4-7H2,1-3H3,(H,13,14)(H,16,17,18). The fraction of sp³-hybridized carbons (Fsp3) is 0.833. The Kier molecular flexibility index (Phi) is 5.71. The first-order chi connectivity index (χ1) is 9.51. The number of hydrogen-bond donors (Lipinski definition) is 2. The Bertz CT molecular complexity index is 500. The molecule has 1 amide bonds. The summed E-state index contributed by atoms with van der Waals surface area (Å²) >= 11 is 0. The van der Waals surface area contributed by atoms with E-state index in [1.165, 1.54) is 6.92 Å². The molecular weight excluding hydrogens is 302 g/mol. The largest absolute Gasteiger partial charge is 0.436 e. The van der Waals surface area contributed by atoms with Crippen molar-refractivity contribution < 1.29 is 32.0 Å². The Hall–Kier alpha value is -1.19. The van der Waals surface area contributed by atoms with Crippen LogP contribution in [0, 0.1) is 5.41 Å². The van der Waals surface area contributed by atoms with Crippen molar-refractivity contribution in [3.8, 4) is 0 Å². The smallest absolute Gasteiger partial charge is 0.338 e. The molecule has 1 saturated heterocycles. The van der Waals surface area contributed by atoms with Crippen molar-refractivity contribution in [3.63, 3.8) is 0 Å². The lowest BCUT2D eigenvalue weighted by Gasteiger charge is -2.32. The Morgan fingerprint density at radius 3 is 2.57 bits per heavy atom. The second-order valence-electron chi connectivity index (χ2n) is 5.79. The predicted octanol–water partition coefficient (Wildman–Crippen LogP) is 0.0848. The summed E-state index contributed by atoms with van der Waals surface area (Å²) in [5, 5.41) is 2.62. The molecule has 2 N–H and O–H groups in total. The third kappa shape index (κ3) is 5.98. The number of cyclic esters (lactones) is 1. The van der Waals surface area contributed by atoms with Crippen molar-refractivity contribution in [2.45, 2.75) is 45.8 Å². The summed E-state index contributed by atoms with van der Waals surface area (Å²) in [6.45, 7) is 4.75. The van der Waals surface area contributed by atoms with Crippen molar-refractivity contribution in [1.82, 2.24) is 5.32 Å². The fourth-order valence-corrected chi connectivity index (χ4v) is 2.98. The molecule has 122 valence electrons. The molecule has 2 unspecified atom stereocenters. The molecule has 1 fully saturated rings. The van der Waals surface area contributed by atoms with Crippen molar-refractivity contribution in [2.75, 3.05) is 12.5 Å². The van der Waals surface area contributed by atoms with E-state index >= 15 is 0 Å². The Morgan fingerprint density at radius 1 is 1.52 bits per heavy atom. The van der Waals surface area contributed by atoms with E-state index < -0.39 is 39.4 Å². The Balaban J connectivity index is 2.74. The van der Waals surface area contributed by atoms with E-state index in [9.17, 15) is 18.0 Å². The van der Waals surface area contributed by atoms with Crippen LogP contribution in [0.15, 0.2) is 0 Å². The van der Waals surface area contributed by atoms with Gasteiger partial charge in [-0.3, -0.25) is 9.35 Å². The maximum Gasteiger partial charge on any atom is 0.338 e. The molecule has 2 atom stereocenters. The minimum atomic E-state index is -4.11. The summed E-state index contributed by atoms with van der Waals surface area (Å²) in [5.41, 5.74) is -0.653. The maximum atomic E-state index is 11.6. The minimum Gasteiger partial charge on any atom is -0.436 e. The highest BCUT2D eigenvalue weighted by molar-refractivity contribution is 7.85. The number of nitrogens with one attached hydrogen (secondary N) is 1. The van der Waals surface area contributed by atoms with Crippen LogP contribution in [0.3, 0.4) is 0 Å². The normalized spacial score (nSPS) is 21.0. The molecule has 21 heavy (non-hydrogen) atoms. The number of ether oxygens (including phenoxy) is 2. The predicted molar refractivity (Wildman–Crippen MR) is 72.9 cm³/mol. The third-order valence-corrected chi connectivity index (χ3v) is 4.02. The van der Waals surface area contributed by atoms with E-state index in [1.54, 1.807) is 13.8 Å². The third-order valence-electron chi connectivity index (χ3n) is 3.26. The van der Waals surface area contributed by atoms with E-state index in [1.807, 2.05) is 0 Å². The van der Waals surface area contributed by atoms with Gasteiger partial charge in [-0.1, -0.05) is 13.8 Å². The highest BCUT2D eigenvalue weighted by atomic mass is 32.2. The molecule has 0 bridgehead atoms. The average Bonchev–Trinajstić information content (AvgIpc) is 2.71. The molecule has 0 saturated carbocycles. The van der Waals surface area contributed by atoms with Crippen LogP contribution in [0.2, 0.25) is 0 Å². The molecule has 1 aliphatic heterocycles. The van der Waals surface area contributed by atoms with Gasteiger partial charge in [-0.05, 0) is 12.8 Å². The molecule has 9 heteroatoms. The lowest BCUT2D eigenvalue weighted by atomic mass is 9.79. The minimum absolute atomic E-state index is 0.0452. The van der Waals surface area contributed by atoms with E-state index in [0.717, 1.165) is 0 Å². The highest BCUT2D eigenvalue weighted by Crippen LogP contribution is 2.33. The summed E-state index contributed by atoms with van der Waals surface area (Å²) in [6.07, 6.45) is -0.412. The average molecular weight is 323 g/mol. The van der Waals surface area contributed by atoms with E-state index in [-0.39, 0.29) is 19.1 Å². The number of hydrogen-bond acceptors (Lipinski definition) is 6. The number of carbonyl (C=O) groups excluding carboxylic acids is 2. The van der Waals surface area contributed by atoms with Crippen LogP contribution in [0.4, 0.5) is 0 Å². The summed E-state index contributed by atoms with van der Waals surface area (Å²) in [7, 11) is -4.11. The number of carbonyl (C=O) groups is 2. The number of esters is 1. The van der Waals surface area contributed by atoms with Gasteiger partial charge < -0.3 is 14.8 Å². The molecule has 1 rings (SSSR count). The van der Waals surface area contributed by atoms with Crippen LogP contribution in [0.1, 0.15) is 33.6 Å². The molecule has 0 spiro atoms. The van der Waals surface area contributed by atoms with Gasteiger partial charge >= 0.3 is 5.97 Å². The van der Waals surface area contributed by atoms with Gasteiger partial charge in [0.15, 0.2) is 12.9 Å². The number of rotatable bonds is 7. The van der Waals surface area contributed by atoms with Gasteiger partial charge in [-0.15, -0.1) is 0 Å². The van der Waals surface area contributed by atoms with Crippen molar-refractivity contribution in [1.29, 1.82) is 0 Å². The molecule has 0 aromatic carbocycles. The van der Waals surface area contributed by atoms with Gasteiger partial charge in [-0.2, -0.15) is 8.42 Å². The highest BCUT2D eigenvalue weighted by Gasteiger charge is 2.42. The molecule has 0 aromatic heterocycles. The molecule has 0 radical (unpaired) electrons. The molecule has 1 aliphatic rings. The first kappa shape index (κ1) is 17.9. The number of amides is 1. The zero-order valence-corrected chi connectivity index (χ0v) is 13.1. The van der Waals surface area contributed by atoms with Gasteiger partial charge in [0.05, 0.1) is 5.75 Å². The maximum absolute atomic E-state index is 11.6. The first-order valence-corrected chi connectivity index (χ1v) is 8.13. The first-order valence-electron chi connectivity index (χ1n) is 6.52. The van der Waals surface area contributed by atoms with Crippen molar-refractivity contribution >= 4 is 22.0 Å². The molecule has 0 aliphatic carbocycles. The molecular formula is C12H21NO7S. The Morgan fingerprint density at radius 2 is 2.14 bits per heavy atom. The van der Waals surface area contributed by atoms with Gasteiger partial charge in [0.1, 0.15) is 0 Å². The van der Waals surface area contributed by atoms with Crippen LogP contribution in [-0.4, -0.2) is 49.5 Å². The van der Waals surface area contributed by atoms with Crippen LogP contribution in [0.25, 0.3) is 0 Å². The lowest BCUT2D eigenvalue weighted by Crippen LogP contribution is -2.43.